The van der Waals surface area contributed by atoms with Crippen LogP contribution in [-0.2, 0) is 9.53 Å². The summed E-state index contributed by atoms with van der Waals surface area (Å²) in [6, 6.07) is 6.13. The first kappa shape index (κ1) is 15.5. The number of fused-ring (bicyclic) bond motifs is 1. The molecule has 1 aromatic carbocycles. The topological polar surface area (TPSA) is 68.1 Å². The van der Waals surface area contributed by atoms with Crippen LogP contribution in [0.15, 0.2) is 30.5 Å². The fourth-order valence-corrected chi connectivity index (χ4v) is 1.82. The third-order valence-corrected chi connectivity index (χ3v) is 2.79. The Hall–Kier alpha value is -1.59. The standard InChI is InChI=1S/C13H15FN2O2.ClH/c1-2-18-13(17)11(14)12(15)9-3-4-10-8(7-9)5-6-16-10;/h3-7,11-12,16H,2,15H2,1H3;1H/t11?,12-;/m0./s1. The molecular formula is C13H16ClFN2O2. The van der Waals surface area contributed by atoms with Gasteiger partial charge in [0.25, 0.3) is 0 Å². The molecule has 2 aromatic rings. The van der Waals surface area contributed by atoms with Gasteiger partial charge in [-0.25, -0.2) is 9.18 Å². The molecule has 3 N–H and O–H groups in total. The van der Waals surface area contributed by atoms with Gasteiger partial charge in [-0.05, 0) is 36.1 Å². The van der Waals surface area contributed by atoms with Crippen molar-refractivity contribution in [2.45, 2.75) is 19.1 Å². The van der Waals surface area contributed by atoms with Gasteiger partial charge in [0.2, 0.25) is 6.17 Å². The summed E-state index contributed by atoms with van der Waals surface area (Å²) < 4.78 is 18.4. The zero-order chi connectivity index (χ0) is 13.1. The third-order valence-electron chi connectivity index (χ3n) is 2.79. The van der Waals surface area contributed by atoms with Gasteiger partial charge in [0.1, 0.15) is 0 Å². The van der Waals surface area contributed by atoms with Crippen LogP contribution >= 0.6 is 12.4 Å². The molecule has 1 unspecified atom stereocenters. The summed E-state index contributed by atoms with van der Waals surface area (Å²) in [5.74, 6) is -0.917. The predicted octanol–water partition coefficient (Wildman–Crippen LogP) is 2.49. The molecule has 2 rings (SSSR count). The van der Waals surface area contributed by atoms with E-state index in [1.54, 1.807) is 25.3 Å². The Morgan fingerprint density at radius 2 is 2.21 bits per heavy atom. The first-order valence-corrected chi connectivity index (χ1v) is 5.76. The second-order valence-corrected chi connectivity index (χ2v) is 4.00. The van der Waals surface area contributed by atoms with Crippen LogP contribution in [0.3, 0.4) is 0 Å². The Morgan fingerprint density at radius 3 is 2.89 bits per heavy atom. The lowest BCUT2D eigenvalue weighted by Crippen LogP contribution is -2.31. The van der Waals surface area contributed by atoms with Crippen molar-refractivity contribution in [2.24, 2.45) is 5.73 Å². The first-order valence-electron chi connectivity index (χ1n) is 5.76. The Bertz CT molecular complexity index is 558. The lowest BCUT2D eigenvalue weighted by atomic mass is 10.0. The average Bonchev–Trinajstić information content (AvgIpc) is 2.84. The van der Waals surface area contributed by atoms with Crippen LogP contribution in [-0.4, -0.2) is 23.7 Å². The number of carbonyl (C=O) groups excluding carboxylic acids is 1. The van der Waals surface area contributed by atoms with Crippen LogP contribution in [0.2, 0.25) is 0 Å². The maximum absolute atomic E-state index is 13.8. The van der Waals surface area contributed by atoms with E-state index >= 15 is 0 Å². The molecule has 0 fully saturated rings. The molecule has 4 nitrogen and oxygen atoms in total. The SMILES string of the molecule is CCOC(=O)C(F)[C@@H](N)c1ccc2[nH]ccc2c1.Cl. The van der Waals surface area contributed by atoms with E-state index in [9.17, 15) is 9.18 Å². The highest BCUT2D eigenvalue weighted by Crippen LogP contribution is 2.22. The summed E-state index contributed by atoms with van der Waals surface area (Å²) in [4.78, 5) is 14.3. The van der Waals surface area contributed by atoms with Crippen LogP contribution in [0, 0.1) is 0 Å². The molecule has 0 radical (unpaired) electrons. The van der Waals surface area contributed by atoms with Crippen molar-refractivity contribution in [2.75, 3.05) is 6.61 Å². The minimum Gasteiger partial charge on any atom is -0.464 e. The van der Waals surface area contributed by atoms with Crippen LogP contribution in [0.5, 0.6) is 0 Å². The van der Waals surface area contributed by atoms with Crippen molar-refractivity contribution >= 4 is 29.3 Å². The zero-order valence-corrected chi connectivity index (χ0v) is 11.2. The van der Waals surface area contributed by atoms with Gasteiger partial charge < -0.3 is 15.5 Å². The molecule has 0 saturated carbocycles. The first-order chi connectivity index (χ1) is 8.63. The molecule has 2 atom stereocenters. The lowest BCUT2D eigenvalue weighted by Gasteiger charge is -2.15. The van der Waals surface area contributed by atoms with Gasteiger partial charge in [0, 0.05) is 11.7 Å². The van der Waals surface area contributed by atoms with Crippen LogP contribution in [0.25, 0.3) is 10.9 Å². The van der Waals surface area contributed by atoms with Crippen molar-refractivity contribution in [3.05, 3.63) is 36.0 Å². The molecule has 0 bridgehead atoms. The van der Waals surface area contributed by atoms with Crippen molar-refractivity contribution in [3.8, 4) is 0 Å². The zero-order valence-electron chi connectivity index (χ0n) is 10.4. The fraction of sp³-hybridized carbons (Fsp3) is 0.308. The number of carbonyl (C=O) groups is 1. The molecule has 0 spiro atoms. The van der Waals surface area contributed by atoms with Gasteiger partial charge in [-0.3, -0.25) is 0 Å². The summed E-state index contributed by atoms with van der Waals surface area (Å²) in [5.41, 5.74) is 7.26. The quantitative estimate of drug-likeness (QED) is 0.849. The number of aromatic amines is 1. The van der Waals surface area contributed by atoms with E-state index < -0.39 is 18.2 Å². The van der Waals surface area contributed by atoms with Gasteiger partial charge in [0.15, 0.2) is 0 Å². The summed E-state index contributed by atoms with van der Waals surface area (Å²) in [7, 11) is 0. The Morgan fingerprint density at radius 1 is 1.47 bits per heavy atom. The number of nitrogens with one attached hydrogen (secondary N) is 1. The van der Waals surface area contributed by atoms with Crippen molar-refractivity contribution in [3.63, 3.8) is 0 Å². The molecule has 1 heterocycles. The monoisotopic (exact) mass is 286 g/mol. The van der Waals surface area contributed by atoms with Crippen molar-refractivity contribution < 1.29 is 13.9 Å². The van der Waals surface area contributed by atoms with Crippen molar-refractivity contribution in [1.82, 2.24) is 4.98 Å². The van der Waals surface area contributed by atoms with E-state index in [4.69, 9.17) is 5.73 Å². The molecule has 0 amide bonds. The summed E-state index contributed by atoms with van der Waals surface area (Å²) in [5, 5.41) is 0.930. The highest BCUT2D eigenvalue weighted by Gasteiger charge is 2.27. The molecule has 0 aliphatic carbocycles. The van der Waals surface area contributed by atoms with E-state index in [-0.39, 0.29) is 19.0 Å². The molecule has 0 saturated heterocycles. The molecule has 0 aliphatic heterocycles. The van der Waals surface area contributed by atoms with Gasteiger partial charge in [-0.1, -0.05) is 6.07 Å². The molecule has 19 heavy (non-hydrogen) atoms. The number of benzene rings is 1. The number of hydrogen-bond acceptors (Lipinski definition) is 3. The maximum Gasteiger partial charge on any atom is 0.342 e. The molecule has 6 heteroatoms. The predicted molar refractivity (Wildman–Crippen MR) is 74.0 cm³/mol. The van der Waals surface area contributed by atoms with E-state index in [0.29, 0.717) is 5.56 Å². The third kappa shape index (κ3) is 3.24. The smallest absolute Gasteiger partial charge is 0.342 e. The highest BCUT2D eigenvalue weighted by molar-refractivity contribution is 5.85. The largest absolute Gasteiger partial charge is 0.464 e. The minimum atomic E-state index is -1.85. The summed E-state index contributed by atoms with van der Waals surface area (Å²) in [6.07, 6.45) is -0.0561. The minimum absolute atomic E-state index is 0. The Labute approximate surface area is 116 Å². The molecule has 104 valence electrons. The number of ether oxygens (including phenoxy) is 1. The number of alkyl halides is 1. The van der Waals surface area contributed by atoms with Gasteiger partial charge in [-0.2, -0.15) is 0 Å². The Kier molecular flexibility index (Phi) is 5.32. The van der Waals surface area contributed by atoms with E-state index in [2.05, 4.69) is 9.72 Å². The number of H-pyrrole nitrogens is 1. The molecule has 0 aliphatic rings. The van der Waals surface area contributed by atoms with Crippen molar-refractivity contribution in [1.29, 1.82) is 0 Å². The van der Waals surface area contributed by atoms with Crippen LogP contribution in [0.4, 0.5) is 4.39 Å². The average molecular weight is 287 g/mol. The van der Waals surface area contributed by atoms with Gasteiger partial charge in [-0.15, -0.1) is 12.4 Å². The number of aromatic nitrogens is 1. The lowest BCUT2D eigenvalue weighted by molar-refractivity contribution is -0.149. The second-order valence-electron chi connectivity index (χ2n) is 4.00. The van der Waals surface area contributed by atoms with E-state index in [1.165, 1.54) is 0 Å². The number of rotatable bonds is 4. The molecule has 1 aromatic heterocycles. The van der Waals surface area contributed by atoms with E-state index in [1.807, 2.05) is 12.1 Å². The normalized spacial score (nSPS) is 13.6. The molecular weight excluding hydrogens is 271 g/mol. The van der Waals surface area contributed by atoms with Gasteiger partial charge in [0.05, 0.1) is 12.6 Å². The number of hydrogen-bond donors (Lipinski definition) is 2. The number of esters is 1. The van der Waals surface area contributed by atoms with Crippen LogP contribution < -0.4 is 5.73 Å². The van der Waals surface area contributed by atoms with E-state index in [0.717, 1.165) is 10.9 Å². The summed E-state index contributed by atoms with van der Waals surface area (Å²) in [6.45, 7) is 1.77. The fourth-order valence-electron chi connectivity index (χ4n) is 1.82. The highest BCUT2D eigenvalue weighted by atomic mass is 35.5. The summed E-state index contributed by atoms with van der Waals surface area (Å²) >= 11 is 0. The number of nitrogens with two attached hydrogens (primary N) is 1. The number of halogens is 2. The second kappa shape index (κ2) is 6.54. The van der Waals surface area contributed by atoms with Gasteiger partial charge >= 0.3 is 5.97 Å². The Balaban J connectivity index is 0.00000180. The van der Waals surface area contributed by atoms with Crippen LogP contribution in [0.1, 0.15) is 18.5 Å². The maximum atomic E-state index is 13.8.